The summed E-state index contributed by atoms with van der Waals surface area (Å²) in [6.07, 6.45) is 0.0879. The average molecular weight is 700 g/mol. The van der Waals surface area contributed by atoms with Crippen molar-refractivity contribution < 1.29 is 23.7 Å². The highest BCUT2D eigenvalue weighted by Crippen LogP contribution is 2.29. The molecule has 1 aliphatic heterocycles. The molecule has 5 aromatic carbocycles. The number of nitrogens with zero attached hydrogens (tertiary/aromatic N) is 1. The highest BCUT2D eigenvalue weighted by Gasteiger charge is 2.45. The first-order valence-electron chi connectivity index (χ1n) is 18.7. The molecule has 1 saturated heterocycles. The van der Waals surface area contributed by atoms with E-state index in [-0.39, 0.29) is 12.2 Å². The van der Waals surface area contributed by atoms with Crippen LogP contribution in [-0.2, 0) is 56.7 Å². The maximum absolute atomic E-state index is 7.06. The van der Waals surface area contributed by atoms with E-state index < -0.39 is 18.3 Å². The first kappa shape index (κ1) is 37.6. The predicted octanol–water partition coefficient (Wildman–Crippen LogP) is 9.03. The molecule has 0 bridgehead atoms. The van der Waals surface area contributed by atoms with Crippen molar-refractivity contribution in [2.45, 2.75) is 83.3 Å². The van der Waals surface area contributed by atoms with Gasteiger partial charge < -0.3 is 23.7 Å². The SMILES string of the molecule is CCCCN1C[C@H](OCc2ccccc2)[C@@H](OCc2ccccc2)C(OCc2ccccc2)[C@H](OCc2ccccc2)[C@H](OCc2ccccc2)C1. The molecule has 1 fully saturated rings. The summed E-state index contributed by atoms with van der Waals surface area (Å²) in [6.45, 7) is 6.66. The van der Waals surface area contributed by atoms with Crippen LogP contribution in [0, 0.1) is 0 Å². The Balaban J connectivity index is 1.40. The van der Waals surface area contributed by atoms with E-state index in [1.54, 1.807) is 0 Å². The van der Waals surface area contributed by atoms with Gasteiger partial charge in [0, 0.05) is 13.1 Å². The fraction of sp³-hybridized carbons (Fsp3) is 0.348. The average Bonchev–Trinajstić information content (AvgIpc) is 3.20. The monoisotopic (exact) mass is 699 g/mol. The van der Waals surface area contributed by atoms with E-state index >= 15 is 0 Å². The van der Waals surface area contributed by atoms with Crippen molar-refractivity contribution in [3.05, 3.63) is 179 Å². The van der Waals surface area contributed by atoms with Gasteiger partial charge in [-0.1, -0.05) is 165 Å². The summed E-state index contributed by atoms with van der Waals surface area (Å²) in [5.41, 5.74) is 5.51. The number of unbranched alkanes of at least 4 members (excludes halogenated alkanes) is 1. The molecule has 0 aromatic heterocycles. The molecule has 5 aromatic rings. The second-order valence-corrected chi connectivity index (χ2v) is 13.6. The van der Waals surface area contributed by atoms with Crippen LogP contribution >= 0.6 is 0 Å². The first-order valence-corrected chi connectivity index (χ1v) is 18.7. The Hall–Kier alpha value is -4.14. The van der Waals surface area contributed by atoms with E-state index in [4.69, 9.17) is 23.7 Å². The number of benzene rings is 5. The van der Waals surface area contributed by atoms with Crippen LogP contribution in [0.2, 0.25) is 0 Å². The third kappa shape index (κ3) is 11.7. The van der Waals surface area contributed by atoms with Gasteiger partial charge in [-0.25, -0.2) is 0 Å². The Bertz CT molecular complexity index is 1560. The van der Waals surface area contributed by atoms with Gasteiger partial charge in [0.05, 0.1) is 45.2 Å². The number of rotatable bonds is 18. The predicted molar refractivity (Wildman–Crippen MR) is 206 cm³/mol. The maximum Gasteiger partial charge on any atom is 0.115 e. The Morgan fingerprint density at radius 3 is 1.00 bits per heavy atom. The second-order valence-electron chi connectivity index (χ2n) is 13.6. The lowest BCUT2D eigenvalue weighted by molar-refractivity contribution is -0.229. The fourth-order valence-corrected chi connectivity index (χ4v) is 6.71. The summed E-state index contributed by atoms with van der Waals surface area (Å²) in [6, 6.07) is 51.8. The maximum atomic E-state index is 7.06. The molecule has 0 saturated carbocycles. The molecule has 1 aliphatic rings. The number of hydrogen-bond donors (Lipinski definition) is 0. The molecule has 1 heterocycles. The summed E-state index contributed by atoms with van der Waals surface area (Å²) in [7, 11) is 0. The van der Waals surface area contributed by atoms with E-state index in [1.165, 1.54) is 0 Å². The van der Waals surface area contributed by atoms with E-state index in [1.807, 2.05) is 42.5 Å². The van der Waals surface area contributed by atoms with Gasteiger partial charge in [0.2, 0.25) is 0 Å². The van der Waals surface area contributed by atoms with E-state index in [9.17, 15) is 0 Å². The lowest BCUT2D eigenvalue weighted by Gasteiger charge is -2.45. The quantitative estimate of drug-likeness (QED) is 0.0910. The molecule has 0 radical (unpaired) electrons. The summed E-state index contributed by atoms with van der Waals surface area (Å²) >= 11 is 0. The smallest absolute Gasteiger partial charge is 0.115 e. The van der Waals surface area contributed by atoms with Gasteiger partial charge in [0.25, 0.3) is 0 Å². The van der Waals surface area contributed by atoms with Crippen LogP contribution in [0.25, 0.3) is 0 Å². The van der Waals surface area contributed by atoms with Crippen LogP contribution in [-0.4, -0.2) is 55.1 Å². The molecule has 6 rings (SSSR count). The zero-order chi connectivity index (χ0) is 35.6. The Kier molecular flexibility index (Phi) is 15.0. The van der Waals surface area contributed by atoms with Gasteiger partial charge in [-0.05, 0) is 40.8 Å². The van der Waals surface area contributed by atoms with E-state index in [2.05, 4.69) is 121 Å². The first-order chi connectivity index (χ1) is 25.7. The summed E-state index contributed by atoms with van der Waals surface area (Å²) < 4.78 is 35.0. The highest BCUT2D eigenvalue weighted by molar-refractivity contribution is 5.17. The van der Waals surface area contributed by atoms with Crippen LogP contribution in [0.1, 0.15) is 47.6 Å². The number of likely N-dealkylation sites (tertiary alicyclic amines) is 1. The van der Waals surface area contributed by atoms with Crippen molar-refractivity contribution in [3.8, 4) is 0 Å². The molecular weight excluding hydrogens is 647 g/mol. The standard InChI is InChI=1S/C46H53NO5/c1-2-3-29-47-30-42(48-32-37-19-9-4-10-20-37)44(50-34-39-23-13-6-14-24-39)46(52-36-41-27-17-8-18-28-41)45(51-35-40-25-15-7-16-26-40)43(31-47)49-33-38-21-11-5-12-22-38/h4-28,42-46H,2-3,29-36H2,1H3/t42-,43+,44-,45-,46?/m1/s1. The molecule has 0 aliphatic carbocycles. The minimum Gasteiger partial charge on any atom is -0.369 e. The van der Waals surface area contributed by atoms with Gasteiger partial charge in [0.1, 0.15) is 18.3 Å². The van der Waals surface area contributed by atoms with Crippen molar-refractivity contribution in [2.24, 2.45) is 0 Å². The van der Waals surface area contributed by atoms with Gasteiger partial charge in [-0.3, -0.25) is 4.90 Å². The summed E-state index contributed by atoms with van der Waals surface area (Å²) in [5, 5.41) is 0. The highest BCUT2D eigenvalue weighted by atomic mass is 16.6. The number of ether oxygens (including phenoxy) is 5. The lowest BCUT2D eigenvalue weighted by Crippen LogP contribution is -2.61. The van der Waals surface area contributed by atoms with Crippen molar-refractivity contribution >= 4 is 0 Å². The third-order valence-electron chi connectivity index (χ3n) is 9.55. The molecule has 52 heavy (non-hydrogen) atoms. The molecule has 0 amide bonds. The summed E-state index contributed by atoms with van der Waals surface area (Å²) in [5.74, 6) is 0. The van der Waals surface area contributed by atoms with Crippen LogP contribution < -0.4 is 0 Å². The fourth-order valence-electron chi connectivity index (χ4n) is 6.71. The minimum atomic E-state index is -0.512. The van der Waals surface area contributed by atoms with E-state index in [0.29, 0.717) is 46.1 Å². The van der Waals surface area contributed by atoms with Gasteiger partial charge in [-0.2, -0.15) is 0 Å². The Morgan fingerprint density at radius 1 is 0.404 bits per heavy atom. The summed E-state index contributed by atoms with van der Waals surface area (Å²) in [4.78, 5) is 2.49. The molecule has 272 valence electrons. The Labute approximate surface area is 310 Å². The molecule has 6 heteroatoms. The van der Waals surface area contributed by atoms with Crippen LogP contribution in [0.3, 0.4) is 0 Å². The minimum absolute atomic E-state index is 0.306. The molecule has 6 nitrogen and oxygen atoms in total. The van der Waals surface area contributed by atoms with Crippen molar-refractivity contribution in [2.75, 3.05) is 19.6 Å². The van der Waals surface area contributed by atoms with Crippen molar-refractivity contribution in [1.29, 1.82) is 0 Å². The largest absolute Gasteiger partial charge is 0.369 e. The number of hydrogen-bond acceptors (Lipinski definition) is 6. The third-order valence-corrected chi connectivity index (χ3v) is 9.55. The van der Waals surface area contributed by atoms with Gasteiger partial charge in [-0.15, -0.1) is 0 Å². The molecule has 0 spiro atoms. The Morgan fingerprint density at radius 2 is 0.692 bits per heavy atom. The topological polar surface area (TPSA) is 49.4 Å². The molecule has 0 N–H and O–H groups in total. The normalized spacial score (nSPS) is 21.0. The van der Waals surface area contributed by atoms with Gasteiger partial charge >= 0.3 is 0 Å². The molecule has 1 unspecified atom stereocenters. The van der Waals surface area contributed by atoms with Crippen molar-refractivity contribution in [3.63, 3.8) is 0 Å². The van der Waals surface area contributed by atoms with Crippen molar-refractivity contribution in [1.82, 2.24) is 4.90 Å². The van der Waals surface area contributed by atoms with Crippen LogP contribution in [0.4, 0.5) is 0 Å². The van der Waals surface area contributed by atoms with Crippen LogP contribution in [0.5, 0.6) is 0 Å². The lowest BCUT2D eigenvalue weighted by atomic mass is 9.94. The second kappa shape index (κ2) is 20.8. The zero-order valence-corrected chi connectivity index (χ0v) is 30.4. The molecular formula is C46H53NO5. The zero-order valence-electron chi connectivity index (χ0n) is 30.4. The van der Waals surface area contributed by atoms with Crippen LogP contribution in [0.15, 0.2) is 152 Å². The van der Waals surface area contributed by atoms with E-state index in [0.717, 1.165) is 47.2 Å². The molecule has 5 atom stereocenters. The van der Waals surface area contributed by atoms with Gasteiger partial charge in [0.15, 0.2) is 0 Å².